The van der Waals surface area contributed by atoms with E-state index < -0.39 is 0 Å². The SMILES string of the molecule is C[n+]1nc2c(n1CCNN1CCN(C34CC5CC(CC(C5)C3)C4)CC1)C(=O)c1ccccc1C2=O. The predicted molar refractivity (Wildman–Crippen MR) is 129 cm³/mol. The van der Waals surface area contributed by atoms with Crippen LogP contribution >= 0.6 is 0 Å². The van der Waals surface area contributed by atoms with E-state index in [9.17, 15) is 9.59 Å². The van der Waals surface area contributed by atoms with Crippen molar-refractivity contribution < 1.29 is 14.4 Å². The van der Waals surface area contributed by atoms with Crippen molar-refractivity contribution in [3.8, 4) is 0 Å². The number of fused-ring (bicyclic) bond motifs is 2. The van der Waals surface area contributed by atoms with Crippen molar-refractivity contribution in [2.24, 2.45) is 24.8 Å². The van der Waals surface area contributed by atoms with Gasteiger partial charge in [0.2, 0.25) is 17.3 Å². The first kappa shape index (κ1) is 21.8. The third-order valence-electron chi connectivity index (χ3n) is 9.54. The van der Waals surface area contributed by atoms with Crippen molar-refractivity contribution >= 4 is 11.6 Å². The molecule has 1 aromatic carbocycles. The van der Waals surface area contributed by atoms with Gasteiger partial charge in [0.15, 0.2) is 12.7 Å². The first-order valence-corrected chi connectivity index (χ1v) is 13.4. The molecule has 5 aliphatic carbocycles. The van der Waals surface area contributed by atoms with E-state index in [1.54, 1.807) is 36.1 Å². The zero-order valence-electron chi connectivity index (χ0n) is 20.6. The third kappa shape index (κ3) is 3.44. The molecule has 0 radical (unpaired) electrons. The number of nitrogens with zero attached hydrogens (tertiary/aromatic N) is 5. The Balaban J connectivity index is 0.984. The molecular formula is C27H35N6O2+. The Labute approximate surface area is 206 Å². The smallest absolute Gasteiger partial charge is 0.220 e. The summed E-state index contributed by atoms with van der Waals surface area (Å²) in [6, 6.07) is 7.04. The Morgan fingerprint density at radius 2 is 1.54 bits per heavy atom. The van der Waals surface area contributed by atoms with Gasteiger partial charge >= 0.3 is 0 Å². The molecule has 8 rings (SSSR count). The highest BCUT2D eigenvalue weighted by molar-refractivity contribution is 6.26. The van der Waals surface area contributed by atoms with Crippen LogP contribution in [0.25, 0.3) is 0 Å². The van der Waals surface area contributed by atoms with Crippen LogP contribution in [0.1, 0.15) is 70.6 Å². The van der Waals surface area contributed by atoms with E-state index in [0.717, 1.165) is 43.9 Å². The van der Waals surface area contributed by atoms with Gasteiger partial charge in [0, 0.05) is 54.5 Å². The van der Waals surface area contributed by atoms with Crippen LogP contribution in [0.2, 0.25) is 0 Å². The van der Waals surface area contributed by atoms with Crippen LogP contribution in [0.15, 0.2) is 24.3 Å². The number of nitrogens with one attached hydrogen (secondary N) is 1. The molecule has 0 atom stereocenters. The number of aryl methyl sites for hydroxylation is 1. The molecule has 35 heavy (non-hydrogen) atoms. The lowest BCUT2D eigenvalue weighted by molar-refractivity contribution is -0.805. The summed E-state index contributed by atoms with van der Waals surface area (Å²) in [7, 11) is 1.80. The molecule has 1 saturated heterocycles. The molecule has 4 bridgehead atoms. The minimum Gasteiger partial charge on any atom is -0.295 e. The molecule has 184 valence electrons. The van der Waals surface area contributed by atoms with Crippen molar-refractivity contribution in [1.82, 2.24) is 25.1 Å². The molecule has 2 heterocycles. The van der Waals surface area contributed by atoms with Crippen molar-refractivity contribution in [1.29, 1.82) is 0 Å². The van der Waals surface area contributed by atoms with Crippen molar-refractivity contribution in [3.63, 3.8) is 0 Å². The molecular weight excluding hydrogens is 440 g/mol. The number of piperazine rings is 1. The van der Waals surface area contributed by atoms with Gasteiger partial charge in [-0.05, 0) is 61.1 Å². The average Bonchev–Trinajstić information content (AvgIpc) is 3.18. The summed E-state index contributed by atoms with van der Waals surface area (Å²) in [4.78, 5) is 30.6. The zero-order valence-corrected chi connectivity index (χ0v) is 20.6. The summed E-state index contributed by atoms with van der Waals surface area (Å²) in [6.07, 6.45) is 8.79. The van der Waals surface area contributed by atoms with Crippen molar-refractivity contribution in [3.05, 3.63) is 46.8 Å². The van der Waals surface area contributed by atoms with Gasteiger partial charge in [0.1, 0.15) is 0 Å². The van der Waals surface area contributed by atoms with Gasteiger partial charge in [-0.2, -0.15) is 0 Å². The molecule has 8 nitrogen and oxygen atoms in total. The molecule has 1 N–H and O–H groups in total. The minimum absolute atomic E-state index is 0.118. The maximum absolute atomic E-state index is 13.2. The number of hydrazine groups is 1. The summed E-state index contributed by atoms with van der Waals surface area (Å²) < 4.78 is 1.84. The molecule has 0 spiro atoms. The molecule has 2 aromatic rings. The summed E-state index contributed by atoms with van der Waals surface area (Å²) >= 11 is 0. The highest BCUT2D eigenvalue weighted by Crippen LogP contribution is 2.57. The topological polar surface area (TPSA) is 74.3 Å². The van der Waals surface area contributed by atoms with Gasteiger partial charge in [0.25, 0.3) is 0 Å². The predicted octanol–water partition coefficient (Wildman–Crippen LogP) is 1.57. The number of carbonyl (C=O) groups is 2. The van der Waals surface area contributed by atoms with E-state index in [-0.39, 0.29) is 17.3 Å². The lowest BCUT2D eigenvalue weighted by Gasteiger charge is -2.61. The first-order chi connectivity index (χ1) is 17.0. The Morgan fingerprint density at radius 1 is 0.943 bits per heavy atom. The van der Waals surface area contributed by atoms with E-state index in [0.29, 0.717) is 35.4 Å². The van der Waals surface area contributed by atoms with Crippen LogP contribution in [0.5, 0.6) is 0 Å². The maximum Gasteiger partial charge on any atom is 0.220 e. The number of carbonyl (C=O) groups excluding carboxylic acids is 2. The number of ketones is 2. The Morgan fingerprint density at radius 3 is 2.17 bits per heavy atom. The van der Waals surface area contributed by atoms with E-state index in [1.807, 2.05) is 4.68 Å². The second kappa shape index (κ2) is 8.05. The van der Waals surface area contributed by atoms with Crippen LogP contribution in [0.3, 0.4) is 0 Å². The monoisotopic (exact) mass is 475 g/mol. The van der Waals surface area contributed by atoms with E-state index in [1.165, 1.54) is 38.5 Å². The highest BCUT2D eigenvalue weighted by Gasteiger charge is 2.53. The second-order valence-corrected chi connectivity index (χ2v) is 11.6. The molecule has 5 fully saturated rings. The highest BCUT2D eigenvalue weighted by atomic mass is 16.1. The fraction of sp³-hybridized carbons (Fsp3) is 0.630. The number of hydrogen-bond donors (Lipinski definition) is 1. The number of benzene rings is 1. The maximum atomic E-state index is 13.2. The van der Waals surface area contributed by atoms with Gasteiger partial charge in [0.05, 0.1) is 6.54 Å². The molecule has 1 aliphatic heterocycles. The largest absolute Gasteiger partial charge is 0.295 e. The van der Waals surface area contributed by atoms with Crippen LogP contribution in [-0.4, -0.2) is 69.5 Å². The second-order valence-electron chi connectivity index (χ2n) is 11.6. The number of aromatic nitrogens is 3. The fourth-order valence-electron chi connectivity index (χ4n) is 8.39. The lowest BCUT2D eigenvalue weighted by atomic mass is 9.52. The van der Waals surface area contributed by atoms with Crippen molar-refractivity contribution in [2.45, 2.75) is 50.6 Å². The van der Waals surface area contributed by atoms with Gasteiger partial charge < -0.3 is 0 Å². The summed E-state index contributed by atoms with van der Waals surface area (Å²) in [6.45, 7) is 5.60. The Bertz CT molecular complexity index is 1160. The van der Waals surface area contributed by atoms with Gasteiger partial charge in [-0.25, -0.2) is 5.01 Å². The van der Waals surface area contributed by atoms with Crippen LogP contribution < -0.4 is 10.2 Å². The van der Waals surface area contributed by atoms with Gasteiger partial charge in [-0.15, -0.1) is 4.68 Å². The van der Waals surface area contributed by atoms with E-state index >= 15 is 0 Å². The molecule has 6 aliphatic rings. The van der Waals surface area contributed by atoms with Crippen LogP contribution in [0.4, 0.5) is 0 Å². The van der Waals surface area contributed by atoms with E-state index in [4.69, 9.17) is 0 Å². The van der Waals surface area contributed by atoms with E-state index in [2.05, 4.69) is 20.4 Å². The number of rotatable bonds is 5. The first-order valence-electron chi connectivity index (χ1n) is 13.4. The Hall–Kier alpha value is -2.42. The Kier molecular flexibility index (Phi) is 5.02. The fourth-order valence-corrected chi connectivity index (χ4v) is 8.39. The quantitative estimate of drug-likeness (QED) is 0.565. The summed E-state index contributed by atoms with van der Waals surface area (Å²) in [5.41, 5.74) is 5.67. The molecule has 4 saturated carbocycles. The zero-order chi connectivity index (χ0) is 23.7. The molecule has 0 unspecified atom stereocenters. The van der Waals surface area contributed by atoms with Gasteiger partial charge in [-0.1, -0.05) is 24.3 Å². The molecule has 1 aromatic heterocycles. The number of hydrogen-bond acceptors (Lipinski definition) is 6. The molecule has 8 heteroatoms. The van der Waals surface area contributed by atoms with Gasteiger partial charge in [-0.3, -0.25) is 19.9 Å². The summed E-state index contributed by atoms with van der Waals surface area (Å²) in [5, 5.41) is 6.74. The third-order valence-corrected chi connectivity index (χ3v) is 9.54. The molecule has 0 amide bonds. The van der Waals surface area contributed by atoms with Crippen LogP contribution in [-0.2, 0) is 13.6 Å². The van der Waals surface area contributed by atoms with Crippen LogP contribution in [0, 0.1) is 17.8 Å². The summed E-state index contributed by atoms with van der Waals surface area (Å²) in [5.74, 6) is 2.67. The average molecular weight is 476 g/mol. The van der Waals surface area contributed by atoms with Crippen molar-refractivity contribution in [2.75, 3.05) is 32.7 Å². The standard InChI is InChI=1S/C27H34N6O2/c1-30-29-23-24(26(35)22-5-3-2-4-21(22)25(23)34)33(30)7-6-28-32-10-8-31(9-11-32)27-15-18-12-19(16-27)14-20(13-18)17-27/h2-5,18-20H,6-17H2,1H3/p+1. The normalized spacial score (nSPS) is 32.2. The lowest BCUT2D eigenvalue weighted by Crippen LogP contribution is -2.65. The minimum atomic E-state index is -0.168.